The van der Waals surface area contributed by atoms with E-state index in [2.05, 4.69) is 25.9 Å². The summed E-state index contributed by atoms with van der Waals surface area (Å²) in [4.78, 5) is 19.5. The van der Waals surface area contributed by atoms with Gasteiger partial charge in [-0.15, -0.1) is 0 Å². The van der Waals surface area contributed by atoms with Crippen molar-refractivity contribution in [1.29, 1.82) is 0 Å². The first kappa shape index (κ1) is 21.5. The molecular weight excluding hydrogens is 500 g/mol. The summed E-state index contributed by atoms with van der Waals surface area (Å²) in [5.41, 5.74) is 3.25. The number of thioether (sulfide) groups is 1. The molecule has 0 saturated heterocycles. The molecule has 0 aliphatic heterocycles. The number of halogens is 2. The van der Waals surface area contributed by atoms with Gasteiger partial charge in [0, 0.05) is 10.6 Å². The van der Waals surface area contributed by atoms with E-state index < -0.39 is 5.97 Å². The van der Waals surface area contributed by atoms with Crippen molar-refractivity contribution in [1.82, 2.24) is 9.97 Å². The summed E-state index contributed by atoms with van der Waals surface area (Å²) < 4.78 is 6.57. The van der Waals surface area contributed by atoms with Crippen LogP contribution in [0.4, 0.5) is 0 Å². The maximum Gasteiger partial charge on any atom is 0.342 e. The zero-order chi connectivity index (χ0) is 21.8. The standard InChI is InChI=1S/C23H16BrClN2O3S/c24-16-11-14(9-10-20(16)30-13-15-5-1-2-6-17(15)25)12-21(22(28)29)31-23-26-18-7-3-4-8-19(18)27-23/h1-12H,13H2,(H,26,27)(H,28,29)/b21-12-. The van der Waals surface area contributed by atoms with Crippen LogP contribution in [0.3, 0.4) is 0 Å². The van der Waals surface area contributed by atoms with E-state index in [4.69, 9.17) is 16.3 Å². The maximum atomic E-state index is 11.8. The van der Waals surface area contributed by atoms with Gasteiger partial charge in [-0.1, -0.05) is 48.0 Å². The van der Waals surface area contributed by atoms with Crippen LogP contribution in [0.1, 0.15) is 11.1 Å². The highest BCUT2D eigenvalue weighted by Gasteiger charge is 2.14. The van der Waals surface area contributed by atoms with Crippen LogP contribution in [0.15, 0.2) is 81.3 Å². The number of imidazole rings is 1. The first-order chi connectivity index (χ1) is 15.0. The molecule has 8 heteroatoms. The smallest absolute Gasteiger partial charge is 0.342 e. The number of carboxylic acid groups (broad SMARTS) is 1. The number of aromatic amines is 1. The third-order valence-electron chi connectivity index (χ3n) is 4.38. The number of hydrogen-bond donors (Lipinski definition) is 2. The van der Waals surface area contributed by atoms with Gasteiger partial charge in [0.25, 0.3) is 0 Å². The minimum Gasteiger partial charge on any atom is -0.488 e. The number of fused-ring (bicyclic) bond motifs is 1. The van der Waals surface area contributed by atoms with Gasteiger partial charge in [-0.25, -0.2) is 9.78 Å². The lowest BCUT2D eigenvalue weighted by Gasteiger charge is -2.10. The molecule has 3 aromatic carbocycles. The summed E-state index contributed by atoms with van der Waals surface area (Å²) in [6, 6.07) is 20.4. The van der Waals surface area contributed by atoms with Gasteiger partial charge >= 0.3 is 5.97 Å². The molecule has 5 nitrogen and oxygen atoms in total. The van der Waals surface area contributed by atoms with Gasteiger partial charge in [-0.05, 0) is 69.7 Å². The fourth-order valence-electron chi connectivity index (χ4n) is 2.86. The predicted octanol–water partition coefficient (Wildman–Crippen LogP) is 6.78. The molecule has 4 aromatic rings. The average molecular weight is 516 g/mol. The Kier molecular flexibility index (Phi) is 6.65. The molecule has 0 spiro atoms. The Hall–Kier alpha value is -2.74. The third kappa shape index (κ3) is 5.31. The number of nitrogens with one attached hydrogen (secondary N) is 1. The van der Waals surface area contributed by atoms with E-state index in [-0.39, 0.29) is 4.91 Å². The Balaban J connectivity index is 1.52. The fourth-order valence-corrected chi connectivity index (χ4v) is 4.36. The van der Waals surface area contributed by atoms with Crippen LogP contribution in [0, 0.1) is 0 Å². The van der Waals surface area contributed by atoms with Gasteiger partial charge in [0.1, 0.15) is 17.3 Å². The van der Waals surface area contributed by atoms with Crippen molar-refractivity contribution in [3.63, 3.8) is 0 Å². The molecule has 0 bridgehead atoms. The molecule has 0 aliphatic rings. The molecule has 0 amide bonds. The summed E-state index contributed by atoms with van der Waals surface area (Å²) in [6.45, 7) is 0.329. The van der Waals surface area contributed by atoms with E-state index in [0.29, 0.717) is 27.0 Å². The lowest BCUT2D eigenvalue weighted by molar-refractivity contribution is -0.131. The van der Waals surface area contributed by atoms with Gasteiger partial charge in [0.15, 0.2) is 5.16 Å². The van der Waals surface area contributed by atoms with E-state index in [0.717, 1.165) is 33.9 Å². The van der Waals surface area contributed by atoms with E-state index >= 15 is 0 Å². The Labute approximate surface area is 196 Å². The summed E-state index contributed by atoms with van der Waals surface area (Å²) >= 11 is 10.7. The van der Waals surface area contributed by atoms with E-state index in [1.807, 2.05) is 54.6 Å². The number of carbonyl (C=O) groups is 1. The number of ether oxygens (including phenoxy) is 1. The number of aliphatic carboxylic acids is 1. The van der Waals surface area contributed by atoms with Crippen LogP contribution in [-0.2, 0) is 11.4 Å². The second-order valence-electron chi connectivity index (χ2n) is 6.54. The number of nitrogens with zero attached hydrogens (tertiary/aromatic N) is 1. The molecule has 0 atom stereocenters. The largest absolute Gasteiger partial charge is 0.488 e. The Morgan fingerprint density at radius 3 is 2.68 bits per heavy atom. The lowest BCUT2D eigenvalue weighted by Crippen LogP contribution is -1.98. The van der Waals surface area contributed by atoms with Gasteiger partial charge < -0.3 is 14.8 Å². The molecule has 0 saturated carbocycles. The molecular formula is C23H16BrClN2O3S. The Bertz CT molecular complexity index is 1260. The van der Waals surface area contributed by atoms with Crippen molar-refractivity contribution < 1.29 is 14.6 Å². The van der Waals surface area contributed by atoms with Crippen molar-refractivity contribution in [3.05, 3.63) is 92.3 Å². The lowest BCUT2D eigenvalue weighted by atomic mass is 10.2. The molecule has 0 aliphatic carbocycles. The molecule has 0 radical (unpaired) electrons. The normalized spacial score (nSPS) is 11.6. The SMILES string of the molecule is O=C(O)/C(=C/c1ccc(OCc2ccccc2Cl)c(Br)c1)Sc1nc2ccccc2[nH]1. The molecule has 1 heterocycles. The van der Waals surface area contributed by atoms with Crippen LogP contribution in [0.2, 0.25) is 5.02 Å². The van der Waals surface area contributed by atoms with Crippen LogP contribution in [-0.4, -0.2) is 21.0 Å². The number of para-hydroxylation sites is 2. The number of carboxylic acids is 1. The molecule has 156 valence electrons. The summed E-state index contributed by atoms with van der Waals surface area (Å²) in [6.07, 6.45) is 1.60. The monoisotopic (exact) mass is 514 g/mol. The Morgan fingerprint density at radius 1 is 1.16 bits per heavy atom. The highest BCUT2D eigenvalue weighted by Crippen LogP contribution is 2.31. The summed E-state index contributed by atoms with van der Waals surface area (Å²) in [5, 5.41) is 10.8. The minimum absolute atomic E-state index is 0.149. The summed E-state index contributed by atoms with van der Waals surface area (Å²) in [7, 11) is 0. The first-order valence-corrected chi connectivity index (χ1v) is 11.2. The predicted molar refractivity (Wildman–Crippen MR) is 127 cm³/mol. The van der Waals surface area contributed by atoms with Gasteiger partial charge in [-0.2, -0.15) is 0 Å². The van der Waals surface area contributed by atoms with Crippen LogP contribution in [0.25, 0.3) is 17.1 Å². The van der Waals surface area contributed by atoms with Crippen molar-refractivity contribution >= 4 is 62.4 Å². The number of rotatable bonds is 7. The number of aromatic nitrogens is 2. The Morgan fingerprint density at radius 2 is 1.94 bits per heavy atom. The fraction of sp³-hybridized carbons (Fsp3) is 0.0435. The second kappa shape index (κ2) is 9.60. The van der Waals surface area contributed by atoms with Crippen molar-refractivity contribution in [3.8, 4) is 5.75 Å². The van der Waals surface area contributed by atoms with Gasteiger partial charge in [-0.3, -0.25) is 0 Å². The summed E-state index contributed by atoms with van der Waals surface area (Å²) in [5.74, 6) is -0.389. The maximum absolute atomic E-state index is 11.8. The van der Waals surface area contributed by atoms with Crippen molar-refractivity contribution in [2.45, 2.75) is 11.8 Å². The van der Waals surface area contributed by atoms with Gasteiger partial charge in [0.05, 0.1) is 15.5 Å². The number of benzene rings is 3. The van der Waals surface area contributed by atoms with E-state index in [9.17, 15) is 9.90 Å². The van der Waals surface area contributed by atoms with Crippen LogP contribution >= 0.6 is 39.3 Å². The minimum atomic E-state index is -1.03. The molecule has 0 unspecified atom stereocenters. The second-order valence-corrected chi connectivity index (χ2v) is 8.84. The van der Waals surface area contributed by atoms with Crippen LogP contribution < -0.4 is 4.74 Å². The average Bonchev–Trinajstić information content (AvgIpc) is 3.16. The molecule has 1 aromatic heterocycles. The van der Waals surface area contributed by atoms with Crippen molar-refractivity contribution in [2.24, 2.45) is 0 Å². The van der Waals surface area contributed by atoms with Crippen molar-refractivity contribution in [2.75, 3.05) is 0 Å². The highest BCUT2D eigenvalue weighted by atomic mass is 79.9. The van der Waals surface area contributed by atoms with Crippen LogP contribution in [0.5, 0.6) is 5.75 Å². The highest BCUT2D eigenvalue weighted by molar-refractivity contribution is 9.10. The quantitative estimate of drug-likeness (QED) is 0.210. The molecule has 4 rings (SSSR count). The number of hydrogen-bond acceptors (Lipinski definition) is 4. The van der Waals surface area contributed by atoms with E-state index in [1.165, 1.54) is 0 Å². The zero-order valence-corrected chi connectivity index (χ0v) is 19.2. The zero-order valence-electron chi connectivity index (χ0n) is 16.0. The third-order valence-corrected chi connectivity index (χ3v) is 6.27. The van der Waals surface area contributed by atoms with Gasteiger partial charge in [0.2, 0.25) is 0 Å². The first-order valence-electron chi connectivity index (χ1n) is 9.23. The topological polar surface area (TPSA) is 75.2 Å². The molecule has 0 fully saturated rings. The molecule has 2 N–H and O–H groups in total. The number of H-pyrrole nitrogens is 1. The molecule has 31 heavy (non-hydrogen) atoms. The van der Waals surface area contributed by atoms with E-state index in [1.54, 1.807) is 18.2 Å².